The second-order valence-electron chi connectivity index (χ2n) is 4.05. The molecule has 0 aromatic heterocycles. The molecule has 4 heteroatoms. The van der Waals surface area contributed by atoms with Crippen LogP contribution in [0.1, 0.15) is 42.6 Å². The molecule has 1 amide bonds. The summed E-state index contributed by atoms with van der Waals surface area (Å²) < 4.78 is 0. The van der Waals surface area contributed by atoms with Gasteiger partial charge in [0.25, 0.3) is 5.91 Å². The van der Waals surface area contributed by atoms with Crippen LogP contribution in [0.25, 0.3) is 0 Å². The third-order valence-electron chi connectivity index (χ3n) is 3.03. The topological polar surface area (TPSA) is 76.7 Å². The van der Waals surface area contributed by atoms with Crippen LogP contribution in [0.15, 0.2) is 24.3 Å². The van der Waals surface area contributed by atoms with Gasteiger partial charge in [-0.2, -0.15) is 10.5 Å². The molecule has 0 radical (unpaired) electrons. The number of hydrogen-bond acceptors (Lipinski definition) is 3. The average Bonchev–Trinajstić information content (AvgIpc) is 2.44. The number of rotatable bonds is 4. The largest absolute Gasteiger partial charge is 0.334 e. The molecule has 0 fully saturated rings. The van der Waals surface area contributed by atoms with Gasteiger partial charge in [0.1, 0.15) is 5.54 Å². The minimum atomic E-state index is -0.834. The fourth-order valence-corrected chi connectivity index (χ4v) is 1.63. The number of nitrogens with one attached hydrogen (secondary N) is 1. The lowest BCUT2D eigenvalue weighted by Crippen LogP contribution is -2.46. The summed E-state index contributed by atoms with van der Waals surface area (Å²) in [7, 11) is 0. The van der Waals surface area contributed by atoms with E-state index >= 15 is 0 Å². The number of amides is 1. The van der Waals surface area contributed by atoms with E-state index in [9.17, 15) is 4.79 Å². The summed E-state index contributed by atoms with van der Waals surface area (Å²) in [5.41, 5.74) is -0.00603. The number of carbonyl (C=O) groups is 1. The maximum Gasteiger partial charge on any atom is 0.252 e. The van der Waals surface area contributed by atoms with E-state index in [0.29, 0.717) is 24.0 Å². The maximum atomic E-state index is 12.0. The minimum absolute atomic E-state index is 0.322. The predicted molar refractivity (Wildman–Crippen MR) is 67.5 cm³/mol. The second kappa shape index (κ2) is 5.84. The van der Waals surface area contributed by atoms with Gasteiger partial charge in [0.2, 0.25) is 0 Å². The highest BCUT2D eigenvalue weighted by Crippen LogP contribution is 2.15. The van der Waals surface area contributed by atoms with Crippen molar-refractivity contribution in [3.63, 3.8) is 0 Å². The standard InChI is InChI=1S/C14H15N3O/c1-3-14(4-2,10-16)17-13(18)12-7-5-6-11(8-12)9-15/h5-8H,3-4H2,1-2H3,(H,17,18). The second-order valence-corrected chi connectivity index (χ2v) is 4.05. The Balaban J connectivity index is 2.95. The molecule has 1 aromatic rings. The average molecular weight is 241 g/mol. The highest BCUT2D eigenvalue weighted by molar-refractivity contribution is 5.95. The zero-order chi connectivity index (χ0) is 13.6. The van der Waals surface area contributed by atoms with E-state index in [1.807, 2.05) is 19.9 Å². The summed E-state index contributed by atoms with van der Waals surface area (Å²) in [5, 5.41) is 20.7. The molecule has 0 aliphatic heterocycles. The quantitative estimate of drug-likeness (QED) is 0.879. The molecule has 92 valence electrons. The van der Waals surface area contributed by atoms with E-state index in [1.54, 1.807) is 18.2 Å². The normalized spacial score (nSPS) is 10.2. The van der Waals surface area contributed by atoms with Crippen LogP contribution in [0.2, 0.25) is 0 Å². The van der Waals surface area contributed by atoms with Crippen molar-refractivity contribution in [3.8, 4) is 12.1 Å². The van der Waals surface area contributed by atoms with Crippen molar-refractivity contribution in [1.82, 2.24) is 5.32 Å². The Morgan fingerprint density at radius 3 is 2.50 bits per heavy atom. The molecule has 4 nitrogen and oxygen atoms in total. The molecule has 0 aliphatic carbocycles. The third kappa shape index (κ3) is 2.87. The zero-order valence-corrected chi connectivity index (χ0v) is 10.5. The first-order chi connectivity index (χ1) is 8.60. The molecule has 0 spiro atoms. The Kier molecular flexibility index (Phi) is 4.45. The van der Waals surface area contributed by atoms with Gasteiger partial charge < -0.3 is 5.32 Å². The molecule has 0 saturated carbocycles. The van der Waals surface area contributed by atoms with Crippen LogP contribution in [0.3, 0.4) is 0 Å². The minimum Gasteiger partial charge on any atom is -0.334 e. The third-order valence-corrected chi connectivity index (χ3v) is 3.03. The van der Waals surface area contributed by atoms with E-state index in [2.05, 4.69) is 11.4 Å². The van der Waals surface area contributed by atoms with Crippen LogP contribution < -0.4 is 5.32 Å². The van der Waals surface area contributed by atoms with Crippen molar-refractivity contribution >= 4 is 5.91 Å². The summed E-state index contributed by atoms with van der Waals surface area (Å²) >= 11 is 0. The van der Waals surface area contributed by atoms with E-state index < -0.39 is 5.54 Å². The summed E-state index contributed by atoms with van der Waals surface area (Å²) in [6.07, 6.45) is 1.09. The number of carbonyl (C=O) groups excluding carboxylic acids is 1. The van der Waals surface area contributed by atoms with Gasteiger partial charge in [-0.1, -0.05) is 19.9 Å². The molecular formula is C14H15N3O. The first-order valence-corrected chi connectivity index (χ1v) is 5.84. The van der Waals surface area contributed by atoms with Gasteiger partial charge in [0, 0.05) is 5.56 Å². The summed E-state index contributed by atoms with van der Waals surface area (Å²) in [4.78, 5) is 12.0. The van der Waals surface area contributed by atoms with E-state index in [4.69, 9.17) is 10.5 Å². The van der Waals surface area contributed by atoms with Gasteiger partial charge >= 0.3 is 0 Å². The van der Waals surface area contributed by atoms with Crippen LogP contribution in [0, 0.1) is 22.7 Å². The molecule has 1 N–H and O–H groups in total. The van der Waals surface area contributed by atoms with Gasteiger partial charge in [-0.15, -0.1) is 0 Å². The molecule has 1 aromatic carbocycles. The monoisotopic (exact) mass is 241 g/mol. The first-order valence-electron chi connectivity index (χ1n) is 5.84. The van der Waals surface area contributed by atoms with Crippen LogP contribution in [-0.2, 0) is 0 Å². The Morgan fingerprint density at radius 2 is 2.00 bits per heavy atom. The van der Waals surface area contributed by atoms with Gasteiger partial charge in [-0.05, 0) is 31.0 Å². The number of nitriles is 2. The Labute approximate surface area is 107 Å². The van der Waals surface area contributed by atoms with Gasteiger partial charge in [-0.3, -0.25) is 4.79 Å². The van der Waals surface area contributed by atoms with Crippen LogP contribution >= 0.6 is 0 Å². The molecule has 0 unspecified atom stereocenters. The Bertz CT molecular complexity index is 519. The first kappa shape index (κ1) is 13.7. The van der Waals surface area contributed by atoms with E-state index in [-0.39, 0.29) is 5.91 Å². The molecular weight excluding hydrogens is 226 g/mol. The van der Waals surface area contributed by atoms with Gasteiger partial charge in [0.15, 0.2) is 0 Å². The lowest BCUT2D eigenvalue weighted by molar-refractivity contribution is 0.0915. The van der Waals surface area contributed by atoms with Crippen molar-refractivity contribution in [1.29, 1.82) is 10.5 Å². The van der Waals surface area contributed by atoms with E-state index in [1.165, 1.54) is 6.07 Å². The molecule has 0 saturated heterocycles. The van der Waals surface area contributed by atoms with Crippen molar-refractivity contribution in [2.75, 3.05) is 0 Å². The SMILES string of the molecule is CCC(C#N)(CC)NC(=O)c1cccc(C#N)c1. The molecule has 0 heterocycles. The Hall–Kier alpha value is -2.33. The van der Waals surface area contributed by atoms with E-state index in [0.717, 1.165) is 0 Å². The predicted octanol–water partition coefficient (Wildman–Crippen LogP) is 2.37. The fourth-order valence-electron chi connectivity index (χ4n) is 1.63. The Morgan fingerprint density at radius 1 is 1.33 bits per heavy atom. The summed E-state index contributed by atoms with van der Waals surface area (Å²) in [6, 6.07) is 10.6. The smallest absolute Gasteiger partial charge is 0.252 e. The van der Waals surface area contributed by atoms with Crippen molar-refractivity contribution in [3.05, 3.63) is 35.4 Å². The van der Waals surface area contributed by atoms with Crippen molar-refractivity contribution in [2.45, 2.75) is 32.2 Å². The maximum absolute atomic E-state index is 12.0. The van der Waals surface area contributed by atoms with Gasteiger partial charge in [0.05, 0.1) is 17.7 Å². The number of nitrogens with zero attached hydrogens (tertiary/aromatic N) is 2. The highest BCUT2D eigenvalue weighted by atomic mass is 16.1. The molecule has 1 rings (SSSR count). The van der Waals surface area contributed by atoms with Crippen LogP contribution in [0.5, 0.6) is 0 Å². The summed E-state index contributed by atoms with van der Waals surface area (Å²) in [6.45, 7) is 3.72. The van der Waals surface area contributed by atoms with Gasteiger partial charge in [-0.25, -0.2) is 0 Å². The highest BCUT2D eigenvalue weighted by Gasteiger charge is 2.28. The summed E-state index contributed by atoms with van der Waals surface area (Å²) in [5.74, 6) is -0.322. The van der Waals surface area contributed by atoms with Crippen molar-refractivity contribution in [2.24, 2.45) is 0 Å². The fraction of sp³-hybridized carbons (Fsp3) is 0.357. The molecule has 18 heavy (non-hydrogen) atoms. The zero-order valence-electron chi connectivity index (χ0n) is 10.5. The van der Waals surface area contributed by atoms with Crippen molar-refractivity contribution < 1.29 is 4.79 Å². The van der Waals surface area contributed by atoms with Crippen LogP contribution in [-0.4, -0.2) is 11.4 Å². The van der Waals surface area contributed by atoms with Crippen LogP contribution in [0.4, 0.5) is 0 Å². The number of benzene rings is 1. The lowest BCUT2D eigenvalue weighted by Gasteiger charge is -2.24. The lowest BCUT2D eigenvalue weighted by atomic mass is 9.94. The molecule has 0 aliphatic rings. The molecule has 0 atom stereocenters. The molecule has 0 bridgehead atoms. The number of hydrogen-bond donors (Lipinski definition) is 1.